The average Bonchev–Trinajstić information content (AvgIpc) is 2.30. The van der Waals surface area contributed by atoms with Crippen molar-refractivity contribution in [2.45, 2.75) is 13.8 Å². The SMILES string of the molecule is CCN(CC)C(=O)c1cccnc1C#N. The van der Waals surface area contributed by atoms with Gasteiger partial charge in [0.15, 0.2) is 5.69 Å². The van der Waals surface area contributed by atoms with Gasteiger partial charge in [0.05, 0.1) is 5.56 Å². The molecule has 0 aromatic carbocycles. The Morgan fingerprint density at radius 1 is 1.53 bits per heavy atom. The normalized spacial score (nSPS) is 9.40. The third-order valence-corrected chi connectivity index (χ3v) is 2.19. The number of rotatable bonds is 3. The predicted octanol–water partition coefficient (Wildman–Crippen LogP) is 1.44. The minimum atomic E-state index is -0.135. The maximum Gasteiger partial charge on any atom is 0.256 e. The van der Waals surface area contributed by atoms with Crippen LogP contribution in [0, 0.1) is 11.3 Å². The second-order valence-corrected chi connectivity index (χ2v) is 2.99. The van der Waals surface area contributed by atoms with Gasteiger partial charge in [-0.15, -0.1) is 0 Å². The van der Waals surface area contributed by atoms with Gasteiger partial charge in [-0.25, -0.2) is 4.98 Å². The van der Waals surface area contributed by atoms with E-state index in [1.54, 1.807) is 17.0 Å². The molecule has 0 unspecified atom stereocenters. The molecule has 4 heteroatoms. The molecule has 0 aliphatic heterocycles. The lowest BCUT2D eigenvalue weighted by atomic mass is 10.2. The summed E-state index contributed by atoms with van der Waals surface area (Å²) >= 11 is 0. The molecule has 4 nitrogen and oxygen atoms in total. The van der Waals surface area contributed by atoms with Crippen LogP contribution >= 0.6 is 0 Å². The number of pyridine rings is 1. The number of amides is 1. The van der Waals surface area contributed by atoms with Gasteiger partial charge in [0.1, 0.15) is 6.07 Å². The van der Waals surface area contributed by atoms with Gasteiger partial charge in [-0.3, -0.25) is 4.79 Å². The molecule has 0 bridgehead atoms. The number of hydrogen-bond acceptors (Lipinski definition) is 3. The molecule has 1 amide bonds. The molecular formula is C11H13N3O. The summed E-state index contributed by atoms with van der Waals surface area (Å²) in [6, 6.07) is 5.22. The minimum Gasteiger partial charge on any atom is -0.339 e. The zero-order chi connectivity index (χ0) is 11.3. The molecule has 1 aromatic rings. The second kappa shape index (κ2) is 5.11. The topological polar surface area (TPSA) is 57.0 Å². The molecule has 1 heterocycles. The molecule has 0 saturated heterocycles. The van der Waals surface area contributed by atoms with Crippen LogP contribution < -0.4 is 0 Å². The van der Waals surface area contributed by atoms with Crippen molar-refractivity contribution in [3.05, 3.63) is 29.6 Å². The van der Waals surface area contributed by atoms with Crippen LogP contribution in [-0.2, 0) is 0 Å². The fraction of sp³-hybridized carbons (Fsp3) is 0.364. The number of nitriles is 1. The zero-order valence-corrected chi connectivity index (χ0v) is 8.90. The van der Waals surface area contributed by atoms with Crippen molar-refractivity contribution in [3.63, 3.8) is 0 Å². The lowest BCUT2D eigenvalue weighted by Gasteiger charge is -2.18. The van der Waals surface area contributed by atoms with Crippen LogP contribution in [0.5, 0.6) is 0 Å². The summed E-state index contributed by atoms with van der Waals surface area (Å²) in [6.07, 6.45) is 1.51. The molecule has 0 atom stereocenters. The highest BCUT2D eigenvalue weighted by molar-refractivity contribution is 5.96. The van der Waals surface area contributed by atoms with Gasteiger partial charge in [0, 0.05) is 19.3 Å². The summed E-state index contributed by atoms with van der Waals surface area (Å²) in [4.78, 5) is 17.4. The fourth-order valence-corrected chi connectivity index (χ4v) is 1.35. The van der Waals surface area contributed by atoms with E-state index >= 15 is 0 Å². The minimum absolute atomic E-state index is 0.135. The number of nitrogens with zero attached hydrogens (tertiary/aromatic N) is 3. The summed E-state index contributed by atoms with van der Waals surface area (Å²) in [5.74, 6) is -0.135. The molecule has 1 aromatic heterocycles. The number of carbonyl (C=O) groups is 1. The van der Waals surface area contributed by atoms with Gasteiger partial charge in [0.2, 0.25) is 0 Å². The smallest absolute Gasteiger partial charge is 0.256 e. The molecule has 0 fully saturated rings. The van der Waals surface area contributed by atoms with Gasteiger partial charge in [0.25, 0.3) is 5.91 Å². The summed E-state index contributed by atoms with van der Waals surface area (Å²) in [6.45, 7) is 5.08. The van der Waals surface area contributed by atoms with Crippen molar-refractivity contribution < 1.29 is 4.79 Å². The van der Waals surface area contributed by atoms with Crippen LogP contribution in [0.15, 0.2) is 18.3 Å². The lowest BCUT2D eigenvalue weighted by molar-refractivity contribution is 0.0772. The van der Waals surface area contributed by atoms with Crippen molar-refractivity contribution in [2.75, 3.05) is 13.1 Å². The maximum atomic E-state index is 11.9. The van der Waals surface area contributed by atoms with E-state index in [0.29, 0.717) is 18.7 Å². The van der Waals surface area contributed by atoms with Crippen molar-refractivity contribution in [3.8, 4) is 6.07 Å². The van der Waals surface area contributed by atoms with Crippen molar-refractivity contribution >= 4 is 5.91 Å². The Bertz CT molecular complexity index is 391. The van der Waals surface area contributed by atoms with Gasteiger partial charge in [-0.1, -0.05) is 0 Å². The average molecular weight is 203 g/mol. The van der Waals surface area contributed by atoms with Crippen LogP contribution in [0.25, 0.3) is 0 Å². The molecule has 0 spiro atoms. The van der Waals surface area contributed by atoms with E-state index in [2.05, 4.69) is 4.98 Å². The largest absolute Gasteiger partial charge is 0.339 e. The Morgan fingerprint density at radius 2 is 2.20 bits per heavy atom. The molecule has 0 aliphatic carbocycles. The van der Waals surface area contributed by atoms with Gasteiger partial charge in [-0.2, -0.15) is 5.26 Å². The second-order valence-electron chi connectivity index (χ2n) is 2.99. The van der Waals surface area contributed by atoms with Crippen LogP contribution in [0.1, 0.15) is 29.9 Å². The number of aromatic nitrogens is 1. The van der Waals surface area contributed by atoms with Gasteiger partial charge < -0.3 is 4.90 Å². The summed E-state index contributed by atoms with van der Waals surface area (Å²) in [5.41, 5.74) is 0.568. The van der Waals surface area contributed by atoms with E-state index < -0.39 is 0 Å². The van der Waals surface area contributed by atoms with E-state index in [0.717, 1.165) is 0 Å². The molecular weight excluding hydrogens is 190 g/mol. The van der Waals surface area contributed by atoms with Crippen LogP contribution in [-0.4, -0.2) is 28.9 Å². The highest BCUT2D eigenvalue weighted by Crippen LogP contribution is 2.07. The molecule has 0 radical (unpaired) electrons. The van der Waals surface area contributed by atoms with Crippen molar-refractivity contribution in [2.24, 2.45) is 0 Å². The monoisotopic (exact) mass is 203 g/mol. The first kappa shape index (κ1) is 11.2. The number of carbonyl (C=O) groups excluding carboxylic acids is 1. The van der Waals surface area contributed by atoms with Gasteiger partial charge >= 0.3 is 0 Å². The molecule has 0 saturated carbocycles. The molecule has 0 aliphatic rings. The molecule has 1 rings (SSSR count). The first-order valence-electron chi connectivity index (χ1n) is 4.89. The van der Waals surface area contributed by atoms with Crippen LogP contribution in [0.3, 0.4) is 0 Å². The zero-order valence-electron chi connectivity index (χ0n) is 8.90. The maximum absolute atomic E-state index is 11.9. The highest BCUT2D eigenvalue weighted by atomic mass is 16.2. The van der Waals surface area contributed by atoms with E-state index in [4.69, 9.17) is 5.26 Å². The standard InChI is InChI=1S/C11H13N3O/c1-3-14(4-2)11(15)9-6-5-7-13-10(9)8-12/h5-7H,3-4H2,1-2H3. The Labute approximate surface area is 89.2 Å². The molecule has 0 N–H and O–H groups in total. The first-order valence-corrected chi connectivity index (χ1v) is 4.89. The molecule has 15 heavy (non-hydrogen) atoms. The first-order chi connectivity index (χ1) is 7.24. The van der Waals surface area contributed by atoms with Crippen molar-refractivity contribution in [1.29, 1.82) is 5.26 Å². The Balaban J connectivity index is 3.06. The summed E-state index contributed by atoms with van der Waals surface area (Å²) in [5, 5.41) is 8.81. The van der Waals surface area contributed by atoms with Crippen LogP contribution in [0.2, 0.25) is 0 Å². The summed E-state index contributed by atoms with van der Waals surface area (Å²) < 4.78 is 0. The van der Waals surface area contributed by atoms with E-state index in [1.807, 2.05) is 19.9 Å². The fourth-order valence-electron chi connectivity index (χ4n) is 1.35. The van der Waals surface area contributed by atoms with Gasteiger partial charge in [-0.05, 0) is 26.0 Å². The van der Waals surface area contributed by atoms with E-state index in [9.17, 15) is 4.79 Å². The quantitative estimate of drug-likeness (QED) is 0.746. The van der Waals surface area contributed by atoms with E-state index in [1.165, 1.54) is 6.20 Å². The predicted molar refractivity (Wildman–Crippen MR) is 56.2 cm³/mol. The Hall–Kier alpha value is -1.89. The lowest BCUT2D eigenvalue weighted by Crippen LogP contribution is -2.31. The van der Waals surface area contributed by atoms with Crippen molar-refractivity contribution in [1.82, 2.24) is 9.88 Å². The third kappa shape index (κ3) is 2.32. The van der Waals surface area contributed by atoms with E-state index in [-0.39, 0.29) is 11.6 Å². The third-order valence-electron chi connectivity index (χ3n) is 2.19. The Morgan fingerprint density at radius 3 is 2.73 bits per heavy atom. The number of hydrogen-bond donors (Lipinski definition) is 0. The van der Waals surface area contributed by atoms with Crippen LogP contribution in [0.4, 0.5) is 0 Å². The highest BCUT2D eigenvalue weighted by Gasteiger charge is 2.16. The Kier molecular flexibility index (Phi) is 3.81. The molecule has 78 valence electrons. The summed E-state index contributed by atoms with van der Waals surface area (Å²) in [7, 11) is 0.